The fraction of sp³-hybridized carbons (Fsp3) is 0.647. The van der Waals surface area contributed by atoms with Crippen LogP contribution in [0.3, 0.4) is 0 Å². The van der Waals surface area contributed by atoms with Crippen molar-refractivity contribution >= 4 is 54.4 Å². The average molecular weight is 462 g/mol. The van der Waals surface area contributed by atoms with Crippen molar-refractivity contribution in [1.82, 2.24) is 9.80 Å². The normalized spacial score (nSPS) is 32.1. The topological polar surface area (TPSA) is 113 Å². The maximum absolute atomic E-state index is 12.6. The van der Waals surface area contributed by atoms with Crippen LogP contribution >= 0.6 is 30.7 Å². The molecule has 3 heterocycles. The highest BCUT2D eigenvalue weighted by Crippen LogP contribution is 2.52. The SMILES string of the molecule is CC(=O)C1C[C@H](SC2=C(C(=O)OP)N3C(=O)C([C@@H](C)O)C3[C@H]2C)CN1C(=O)OP. The molecule has 0 radical (unpaired) electrons. The van der Waals surface area contributed by atoms with Gasteiger partial charge in [-0.3, -0.25) is 14.5 Å². The van der Waals surface area contributed by atoms with Gasteiger partial charge in [0.25, 0.3) is 0 Å². The van der Waals surface area contributed by atoms with Gasteiger partial charge in [-0.2, -0.15) is 0 Å². The standard InChI is InChI=1S/C17H24N2O7P2S/c1-6-12-11(8(3)21)15(22)19(12)13(16(23)25-27)14(6)29-9-4-10(7(2)20)18(5-9)17(24)26-28/h6,8-12,21H,4-5,27-28H2,1-3H3/t6-,8-,9+,10?,11?,12?/m1/s1. The number of Topliss-reactive ketones (excluding diaryl/α,β-unsaturated/α-hetero) is 1. The molecule has 0 spiro atoms. The van der Waals surface area contributed by atoms with Crippen LogP contribution in [0, 0.1) is 11.8 Å². The number of carbonyl (C=O) groups excluding carboxylic acids is 4. The summed E-state index contributed by atoms with van der Waals surface area (Å²) in [6.45, 7) is 5.16. The molecule has 0 saturated carbocycles. The molecule has 9 nitrogen and oxygen atoms in total. The number of aliphatic hydroxyl groups is 1. The minimum Gasteiger partial charge on any atom is -0.447 e. The lowest BCUT2D eigenvalue weighted by molar-refractivity contribution is -0.162. The molecule has 160 valence electrons. The average Bonchev–Trinajstić information content (AvgIpc) is 3.19. The van der Waals surface area contributed by atoms with Crippen LogP contribution in [0.5, 0.6) is 0 Å². The third kappa shape index (κ3) is 3.69. The predicted molar refractivity (Wildman–Crippen MR) is 111 cm³/mol. The zero-order valence-electron chi connectivity index (χ0n) is 16.2. The van der Waals surface area contributed by atoms with E-state index in [1.807, 2.05) is 25.9 Å². The van der Waals surface area contributed by atoms with Crippen LogP contribution in [-0.4, -0.2) is 68.6 Å². The molecule has 2 saturated heterocycles. The van der Waals surface area contributed by atoms with Crippen LogP contribution in [-0.2, 0) is 23.4 Å². The van der Waals surface area contributed by atoms with Crippen molar-refractivity contribution in [2.24, 2.45) is 11.8 Å². The molecule has 3 rings (SSSR count). The van der Waals surface area contributed by atoms with E-state index in [4.69, 9.17) is 9.05 Å². The summed E-state index contributed by atoms with van der Waals surface area (Å²) in [7, 11) is 3.78. The third-order valence-corrected chi connectivity index (χ3v) is 7.68. The number of hydrogen-bond acceptors (Lipinski definition) is 8. The Morgan fingerprint density at radius 3 is 2.45 bits per heavy atom. The number of aliphatic hydroxyl groups excluding tert-OH is 1. The molecule has 0 aliphatic carbocycles. The molecule has 8 atom stereocenters. The number of carbonyl (C=O) groups is 4. The lowest BCUT2D eigenvalue weighted by atomic mass is 9.79. The van der Waals surface area contributed by atoms with Gasteiger partial charge in [-0.05, 0) is 20.3 Å². The van der Waals surface area contributed by atoms with E-state index in [0.717, 1.165) is 0 Å². The number of thioether (sulfide) groups is 1. The first-order chi connectivity index (χ1) is 13.6. The third-order valence-electron chi connectivity index (χ3n) is 5.77. The first-order valence-corrected chi connectivity index (χ1v) is 11.0. The van der Waals surface area contributed by atoms with Crippen molar-refractivity contribution in [3.05, 3.63) is 10.6 Å². The van der Waals surface area contributed by atoms with Crippen molar-refractivity contribution in [2.45, 2.75) is 50.6 Å². The maximum Gasteiger partial charge on any atom is 0.412 e. The summed E-state index contributed by atoms with van der Waals surface area (Å²) in [5.41, 5.74) is 0.177. The van der Waals surface area contributed by atoms with E-state index in [0.29, 0.717) is 11.3 Å². The Morgan fingerprint density at radius 2 is 1.93 bits per heavy atom. The van der Waals surface area contributed by atoms with Gasteiger partial charge in [-0.1, -0.05) is 6.92 Å². The molecule has 0 bridgehead atoms. The molecule has 5 unspecified atom stereocenters. The van der Waals surface area contributed by atoms with Crippen molar-refractivity contribution in [3.63, 3.8) is 0 Å². The largest absolute Gasteiger partial charge is 0.447 e. The molecule has 1 N–H and O–H groups in total. The molecule has 3 aliphatic heterocycles. The van der Waals surface area contributed by atoms with Crippen molar-refractivity contribution in [3.8, 4) is 0 Å². The first kappa shape index (κ1) is 22.5. The zero-order chi connectivity index (χ0) is 21.6. The molecule has 29 heavy (non-hydrogen) atoms. The smallest absolute Gasteiger partial charge is 0.412 e. The lowest BCUT2D eigenvalue weighted by Crippen LogP contribution is -2.63. The number of β-lactam (4-membered cyclic amide) rings is 1. The van der Waals surface area contributed by atoms with Gasteiger partial charge in [0.05, 0.1) is 43.0 Å². The Morgan fingerprint density at radius 1 is 1.28 bits per heavy atom. The number of rotatable bonds is 5. The molecule has 0 aromatic rings. The number of fused-ring (bicyclic) bond motifs is 1. The molecule has 0 aromatic carbocycles. The second kappa shape index (κ2) is 8.50. The van der Waals surface area contributed by atoms with E-state index in [9.17, 15) is 24.3 Å². The van der Waals surface area contributed by atoms with Gasteiger partial charge in [0.2, 0.25) is 5.91 Å². The van der Waals surface area contributed by atoms with Gasteiger partial charge < -0.3 is 19.1 Å². The van der Waals surface area contributed by atoms with Crippen LogP contribution in [0.25, 0.3) is 0 Å². The summed E-state index contributed by atoms with van der Waals surface area (Å²) in [6.07, 6.45) is -1.02. The first-order valence-electron chi connectivity index (χ1n) is 9.14. The van der Waals surface area contributed by atoms with E-state index in [2.05, 4.69) is 0 Å². The molecular formula is C17H24N2O7P2S. The molecular weight excluding hydrogens is 438 g/mol. The van der Waals surface area contributed by atoms with Crippen LogP contribution in [0.4, 0.5) is 4.79 Å². The van der Waals surface area contributed by atoms with E-state index in [1.54, 1.807) is 6.92 Å². The summed E-state index contributed by atoms with van der Waals surface area (Å²) >= 11 is 1.38. The minimum atomic E-state index is -0.829. The van der Waals surface area contributed by atoms with Crippen molar-refractivity contribution in [2.75, 3.05) is 6.54 Å². The highest BCUT2D eigenvalue weighted by molar-refractivity contribution is 8.03. The van der Waals surface area contributed by atoms with Gasteiger partial charge in [0.15, 0.2) is 5.78 Å². The van der Waals surface area contributed by atoms with Crippen LogP contribution in [0.1, 0.15) is 27.2 Å². The maximum atomic E-state index is 12.6. The number of hydrogen-bond donors (Lipinski definition) is 1. The molecule has 3 aliphatic rings. The van der Waals surface area contributed by atoms with Gasteiger partial charge >= 0.3 is 12.1 Å². The Labute approximate surface area is 177 Å². The van der Waals surface area contributed by atoms with E-state index in [1.165, 1.54) is 28.5 Å². The quantitative estimate of drug-likeness (QED) is 0.477. The highest BCUT2D eigenvalue weighted by atomic mass is 32.2. The van der Waals surface area contributed by atoms with Gasteiger partial charge in [0, 0.05) is 22.6 Å². The summed E-state index contributed by atoms with van der Waals surface area (Å²) in [5, 5.41) is 9.83. The van der Waals surface area contributed by atoms with Gasteiger partial charge in [-0.25, -0.2) is 9.59 Å². The van der Waals surface area contributed by atoms with Gasteiger partial charge in [0.1, 0.15) is 5.70 Å². The summed E-state index contributed by atoms with van der Waals surface area (Å²) in [5.74, 6) is -1.86. The molecule has 2 fully saturated rings. The molecule has 12 heteroatoms. The molecule has 0 aromatic heterocycles. The second-order valence-electron chi connectivity index (χ2n) is 7.51. The second-order valence-corrected chi connectivity index (χ2v) is 9.32. The zero-order valence-corrected chi connectivity index (χ0v) is 19.4. The Hall–Kier alpha value is -1.21. The number of nitrogens with zero attached hydrogens (tertiary/aromatic N) is 2. The minimum absolute atomic E-state index is 0.144. The van der Waals surface area contributed by atoms with E-state index < -0.39 is 30.1 Å². The number of likely N-dealkylation sites (tertiary alicyclic amines) is 1. The number of ketones is 1. The monoisotopic (exact) mass is 462 g/mol. The van der Waals surface area contributed by atoms with Crippen molar-refractivity contribution in [1.29, 1.82) is 0 Å². The Balaban J connectivity index is 1.88. The fourth-order valence-electron chi connectivity index (χ4n) is 4.44. The highest BCUT2D eigenvalue weighted by Gasteiger charge is 2.60. The van der Waals surface area contributed by atoms with Crippen molar-refractivity contribution < 1.29 is 33.3 Å². The summed E-state index contributed by atoms with van der Waals surface area (Å²) in [4.78, 5) is 52.5. The number of amides is 2. The Bertz CT molecular complexity index is 790. The fourth-order valence-corrected chi connectivity index (χ4v) is 6.21. The van der Waals surface area contributed by atoms with Crippen LogP contribution in [0.15, 0.2) is 10.6 Å². The predicted octanol–water partition coefficient (Wildman–Crippen LogP) is 1.08. The van der Waals surface area contributed by atoms with E-state index >= 15 is 0 Å². The van der Waals surface area contributed by atoms with Crippen LogP contribution < -0.4 is 0 Å². The lowest BCUT2D eigenvalue weighted by Gasteiger charge is -2.46. The van der Waals surface area contributed by atoms with Crippen LogP contribution in [0.2, 0.25) is 0 Å². The summed E-state index contributed by atoms with van der Waals surface area (Å²) < 4.78 is 9.52. The van der Waals surface area contributed by atoms with E-state index in [-0.39, 0.29) is 41.1 Å². The Kier molecular flexibility index (Phi) is 6.59. The summed E-state index contributed by atoms with van der Waals surface area (Å²) in [6, 6.07) is -0.916. The van der Waals surface area contributed by atoms with Gasteiger partial charge in [-0.15, -0.1) is 11.8 Å². The molecule has 2 amide bonds.